The van der Waals surface area contributed by atoms with E-state index < -0.39 is 0 Å². The fraction of sp³-hybridized carbons (Fsp3) is 0.385. The highest BCUT2D eigenvalue weighted by Gasteiger charge is 2.47. The molecular formula is C52H61BN2O. The number of benzene rings is 5. The van der Waals surface area contributed by atoms with Crippen LogP contribution in [0.15, 0.2) is 101 Å². The molecule has 0 fully saturated rings. The van der Waals surface area contributed by atoms with Gasteiger partial charge in [0.15, 0.2) is 0 Å². The van der Waals surface area contributed by atoms with Crippen LogP contribution >= 0.6 is 0 Å². The summed E-state index contributed by atoms with van der Waals surface area (Å²) in [6.07, 6.45) is 0. The van der Waals surface area contributed by atoms with Gasteiger partial charge >= 0.3 is 0 Å². The maximum absolute atomic E-state index is 7.25. The summed E-state index contributed by atoms with van der Waals surface area (Å²) in [6.45, 7) is 34.5. The van der Waals surface area contributed by atoms with Gasteiger partial charge in [0.05, 0.1) is 11.3 Å². The summed E-state index contributed by atoms with van der Waals surface area (Å²) in [7, 11) is 0. The summed E-state index contributed by atoms with van der Waals surface area (Å²) in [5.74, 6) is 0. The monoisotopic (exact) mass is 740 g/mol. The molecule has 4 heteroatoms. The molecular weight excluding hydrogens is 679 g/mol. The zero-order chi connectivity index (χ0) is 40.5. The predicted octanol–water partition coefficient (Wildman–Crippen LogP) is 13.0. The summed E-state index contributed by atoms with van der Waals surface area (Å²) in [5, 5.41) is 1.16. The molecule has 3 heterocycles. The normalized spacial score (nSPS) is 14.6. The van der Waals surface area contributed by atoms with Gasteiger partial charge in [-0.3, -0.25) is 0 Å². The van der Waals surface area contributed by atoms with Gasteiger partial charge < -0.3 is 14.2 Å². The van der Waals surface area contributed by atoms with E-state index in [2.05, 4.69) is 211 Å². The van der Waals surface area contributed by atoms with E-state index >= 15 is 0 Å². The second-order valence-electron chi connectivity index (χ2n) is 21.7. The first-order chi connectivity index (χ1) is 25.9. The lowest BCUT2D eigenvalue weighted by Crippen LogP contribution is -2.61. The second kappa shape index (κ2) is 12.4. The number of fused-ring (bicyclic) bond motifs is 6. The molecule has 8 rings (SSSR count). The molecule has 0 radical (unpaired) electrons. The average Bonchev–Trinajstić information content (AvgIpc) is 3.48. The Morgan fingerprint density at radius 1 is 0.411 bits per heavy atom. The van der Waals surface area contributed by atoms with Crippen molar-refractivity contribution in [3.63, 3.8) is 0 Å². The van der Waals surface area contributed by atoms with Crippen LogP contribution in [0.3, 0.4) is 0 Å². The fourth-order valence-corrected chi connectivity index (χ4v) is 8.62. The van der Waals surface area contributed by atoms with Crippen molar-refractivity contribution in [3.05, 3.63) is 125 Å². The average molecular weight is 741 g/mol. The summed E-state index contributed by atoms with van der Waals surface area (Å²) < 4.78 is 7.25. The van der Waals surface area contributed by atoms with Crippen LogP contribution in [-0.4, -0.2) is 6.71 Å². The molecule has 288 valence electrons. The molecule has 1 aromatic heterocycles. The minimum atomic E-state index is -0.0981. The Kier molecular flexibility index (Phi) is 8.46. The van der Waals surface area contributed by atoms with Gasteiger partial charge in [-0.2, -0.15) is 0 Å². The fourth-order valence-electron chi connectivity index (χ4n) is 8.62. The van der Waals surface area contributed by atoms with Crippen molar-refractivity contribution < 1.29 is 4.42 Å². The SMILES string of the molecule is CC(C)(C)c1ccc(N2c3ccc(C(C)(C)C)cc3B3c4oc5ccc(C(C)(C)C)cc5c4N(c4ccc(C(C)(C)C)cc4)c4cc(C(C)(C)C)cc2c43)cc1. The van der Waals surface area contributed by atoms with Gasteiger partial charge in [-0.1, -0.05) is 146 Å². The van der Waals surface area contributed by atoms with Crippen molar-refractivity contribution >= 4 is 68.4 Å². The van der Waals surface area contributed by atoms with Crippen LogP contribution in [0.25, 0.3) is 11.0 Å². The number of furan rings is 1. The van der Waals surface area contributed by atoms with Crippen LogP contribution in [0.2, 0.25) is 0 Å². The van der Waals surface area contributed by atoms with Gasteiger partial charge in [0.1, 0.15) is 5.58 Å². The Morgan fingerprint density at radius 3 is 1.34 bits per heavy atom. The molecule has 2 aliphatic heterocycles. The second-order valence-corrected chi connectivity index (χ2v) is 21.7. The van der Waals surface area contributed by atoms with Crippen molar-refractivity contribution in [2.45, 2.75) is 131 Å². The maximum atomic E-state index is 7.25. The Balaban J connectivity index is 1.52. The molecule has 0 amide bonds. The topological polar surface area (TPSA) is 19.6 Å². The van der Waals surface area contributed by atoms with Crippen LogP contribution in [0.1, 0.15) is 132 Å². The Morgan fingerprint density at radius 2 is 0.839 bits per heavy atom. The van der Waals surface area contributed by atoms with E-state index in [0.29, 0.717) is 0 Å². The van der Waals surface area contributed by atoms with E-state index in [4.69, 9.17) is 4.42 Å². The van der Waals surface area contributed by atoms with Gasteiger partial charge in [-0.15, -0.1) is 0 Å². The summed E-state index contributed by atoms with van der Waals surface area (Å²) >= 11 is 0. The van der Waals surface area contributed by atoms with E-state index in [-0.39, 0.29) is 33.8 Å². The molecule has 0 aliphatic carbocycles. The lowest BCUT2D eigenvalue weighted by Gasteiger charge is -2.44. The molecule has 0 spiro atoms. The number of hydrogen-bond acceptors (Lipinski definition) is 3. The third-order valence-corrected chi connectivity index (χ3v) is 12.2. The summed E-state index contributed by atoms with van der Waals surface area (Å²) in [5.41, 5.74) is 18.2. The van der Waals surface area contributed by atoms with Gasteiger partial charge in [-0.25, -0.2) is 0 Å². The zero-order valence-electron chi connectivity index (χ0n) is 36.6. The number of hydrogen-bond donors (Lipinski definition) is 0. The Labute approximate surface area is 337 Å². The quantitative estimate of drug-likeness (QED) is 0.165. The number of rotatable bonds is 2. The predicted molar refractivity (Wildman–Crippen MR) is 244 cm³/mol. The summed E-state index contributed by atoms with van der Waals surface area (Å²) in [4.78, 5) is 5.06. The molecule has 0 atom stereocenters. The van der Waals surface area contributed by atoms with Crippen molar-refractivity contribution in [3.8, 4) is 0 Å². The van der Waals surface area contributed by atoms with Crippen LogP contribution in [0.4, 0.5) is 34.1 Å². The lowest BCUT2D eigenvalue weighted by atomic mass is 9.35. The largest absolute Gasteiger partial charge is 0.468 e. The first kappa shape index (κ1) is 38.2. The molecule has 0 N–H and O–H groups in total. The Hall–Kier alpha value is -4.70. The molecule has 2 aliphatic rings. The molecule has 3 nitrogen and oxygen atoms in total. The molecule has 6 aromatic rings. The van der Waals surface area contributed by atoms with Crippen molar-refractivity contribution in [1.29, 1.82) is 0 Å². The van der Waals surface area contributed by atoms with Crippen LogP contribution in [0.5, 0.6) is 0 Å². The highest BCUT2D eigenvalue weighted by molar-refractivity contribution is 7.00. The first-order valence-electron chi connectivity index (χ1n) is 20.6. The molecule has 0 saturated heterocycles. The smallest absolute Gasteiger partial charge is 0.297 e. The molecule has 5 aromatic carbocycles. The number of nitrogens with zero attached hydrogens (tertiary/aromatic N) is 2. The molecule has 56 heavy (non-hydrogen) atoms. The minimum Gasteiger partial charge on any atom is -0.468 e. The van der Waals surface area contributed by atoms with Crippen molar-refractivity contribution in [2.24, 2.45) is 0 Å². The van der Waals surface area contributed by atoms with E-state index in [1.807, 2.05) is 0 Å². The standard InChI is InChI=1S/C52H61BN2O/c1-48(2,3)32-16-22-37(23-17-32)54-41-26-20-35(51(10,11)12)29-40(41)53-45-42(54)30-36(52(13,14)15)31-43(45)55(38-24-18-33(19-25-38)49(4,5)6)46-39-28-34(50(7,8)9)21-27-44(39)56-47(46)53/h16-31H,1-15H3. The minimum absolute atomic E-state index is 0.0151. The van der Waals surface area contributed by atoms with Crippen LogP contribution in [0, 0.1) is 0 Å². The van der Waals surface area contributed by atoms with E-state index in [9.17, 15) is 0 Å². The maximum Gasteiger partial charge on any atom is 0.297 e. The van der Waals surface area contributed by atoms with Crippen molar-refractivity contribution in [2.75, 3.05) is 9.80 Å². The summed E-state index contributed by atoms with van der Waals surface area (Å²) in [6, 6.07) is 37.6. The molecule has 0 unspecified atom stereocenters. The van der Waals surface area contributed by atoms with Gasteiger partial charge in [0, 0.05) is 33.8 Å². The Bertz CT molecular complexity index is 2480. The molecule has 0 bridgehead atoms. The highest BCUT2D eigenvalue weighted by atomic mass is 16.3. The van der Waals surface area contributed by atoms with Gasteiger partial charge in [-0.05, 0) is 120 Å². The van der Waals surface area contributed by atoms with Crippen molar-refractivity contribution in [1.82, 2.24) is 0 Å². The lowest BCUT2D eigenvalue weighted by molar-refractivity contribution is 0.589. The third-order valence-electron chi connectivity index (χ3n) is 12.2. The van der Waals surface area contributed by atoms with Crippen LogP contribution < -0.4 is 26.4 Å². The zero-order valence-corrected chi connectivity index (χ0v) is 36.6. The number of anilines is 6. The van der Waals surface area contributed by atoms with Gasteiger partial charge in [0.2, 0.25) is 0 Å². The van der Waals surface area contributed by atoms with E-state index in [0.717, 1.165) is 28.0 Å². The third kappa shape index (κ3) is 6.28. The van der Waals surface area contributed by atoms with E-state index in [1.165, 1.54) is 61.5 Å². The van der Waals surface area contributed by atoms with Gasteiger partial charge in [0.25, 0.3) is 6.71 Å². The van der Waals surface area contributed by atoms with E-state index in [1.54, 1.807) is 0 Å². The van der Waals surface area contributed by atoms with Crippen LogP contribution in [-0.2, 0) is 27.1 Å². The first-order valence-corrected chi connectivity index (χ1v) is 20.6. The molecule has 0 saturated carbocycles. The highest BCUT2D eigenvalue weighted by Crippen LogP contribution is 2.49.